The van der Waals surface area contributed by atoms with Gasteiger partial charge in [-0.1, -0.05) is 42.5 Å². The van der Waals surface area contributed by atoms with Crippen molar-refractivity contribution in [3.63, 3.8) is 0 Å². The second-order valence-corrected chi connectivity index (χ2v) is 9.20. The minimum Gasteiger partial charge on any atom is -0.487 e. The summed E-state index contributed by atoms with van der Waals surface area (Å²) in [7, 11) is 1.68. The van der Waals surface area contributed by atoms with Crippen LogP contribution in [0.2, 0.25) is 0 Å². The number of carbonyl (C=O) groups is 1. The number of aromatic nitrogens is 3. The summed E-state index contributed by atoms with van der Waals surface area (Å²) in [6.45, 7) is 3.83. The van der Waals surface area contributed by atoms with Gasteiger partial charge in [0.25, 0.3) is 0 Å². The molecule has 1 aliphatic rings. The highest BCUT2D eigenvalue weighted by atomic mass is 16.5. The molecule has 186 valence electrons. The molecule has 2 aromatic heterocycles. The number of aryl methyl sites for hydroxylation is 1. The van der Waals surface area contributed by atoms with Crippen molar-refractivity contribution >= 4 is 22.9 Å². The van der Waals surface area contributed by atoms with E-state index in [0.717, 1.165) is 65.2 Å². The lowest BCUT2D eigenvalue weighted by Gasteiger charge is -2.35. The van der Waals surface area contributed by atoms with E-state index in [0.29, 0.717) is 19.0 Å². The van der Waals surface area contributed by atoms with Gasteiger partial charge >= 0.3 is 6.03 Å². The van der Waals surface area contributed by atoms with Gasteiger partial charge in [-0.15, -0.1) is 0 Å². The van der Waals surface area contributed by atoms with Gasteiger partial charge in [0.2, 0.25) is 0 Å². The molecule has 2 amide bonds. The molecule has 0 spiro atoms. The number of nitrogens with zero attached hydrogens (tertiary/aromatic N) is 3. The van der Waals surface area contributed by atoms with Crippen LogP contribution < -0.4 is 15.4 Å². The van der Waals surface area contributed by atoms with Gasteiger partial charge in [0.05, 0.1) is 17.1 Å². The summed E-state index contributed by atoms with van der Waals surface area (Å²) in [5, 5.41) is 7.21. The first kappa shape index (κ1) is 23.7. The number of amides is 2. The van der Waals surface area contributed by atoms with E-state index in [1.54, 1.807) is 7.05 Å². The van der Waals surface area contributed by atoms with Crippen LogP contribution in [0.4, 0.5) is 10.6 Å². The lowest BCUT2D eigenvalue weighted by molar-refractivity contribution is 0.157. The molecule has 36 heavy (non-hydrogen) atoms. The minimum absolute atomic E-state index is 0.0310. The predicted molar refractivity (Wildman–Crippen MR) is 142 cm³/mol. The molecule has 1 aliphatic heterocycles. The van der Waals surface area contributed by atoms with Crippen molar-refractivity contribution in [1.29, 1.82) is 0 Å². The lowest BCUT2D eigenvalue weighted by Crippen LogP contribution is -2.50. The third kappa shape index (κ3) is 5.27. The third-order valence-electron chi connectivity index (χ3n) is 6.57. The van der Waals surface area contributed by atoms with E-state index in [9.17, 15) is 4.79 Å². The molecule has 0 bridgehead atoms. The predicted octanol–water partition coefficient (Wildman–Crippen LogP) is 5.12. The highest BCUT2D eigenvalue weighted by Crippen LogP contribution is 2.27. The first-order valence-corrected chi connectivity index (χ1v) is 12.5. The summed E-state index contributed by atoms with van der Waals surface area (Å²) in [6.07, 6.45) is 3.10. The van der Waals surface area contributed by atoms with Gasteiger partial charge < -0.3 is 25.3 Å². The molecule has 1 atom stereocenters. The number of benzene rings is 2. The van der Waals surface area contributed by atoms with Crippen molar-refractivity contribution in [2.45, 2.75) is 38.8 Å². The molecule has 0 saturated carbocycles. The minimum atomic E-state index is -0.0310. The van der Waals surface area contributed by atoms with Crippen molar-refractivity contribution in [2.24, 2.45) is 0 Å². The third-order valence-corrected chi connectivity index (χ3v) is 6.57. The van der Waals surface area contributed by atoms with Crippen LogP contribution in [0.5, 0.6) is 5.75 Å². The van der Waals surface area contributed by atoms with Crippen molar-refractivity contribution in [1.82, 2.24) is 25.2 Å². The summed E-state index contributed by atoms with van der Waals surface area (Å²) in [6, 6.07) is 20.1. The van der Waals surface area contributed by atoms with Crippen molar-refractivity contribution in [3.05, 3.63) is 71.9 Å². The maximum atomic E-state index is 12.4. The number of rotatable bonds is 7. The van der Waals surface area contributed by atoms with Gasteiger partial charge in [0.1, 0.15) is 23.8 Å². The van der Waals surface area contributed by atoms with Gasteiger partial charge in [-0.05, 0) is 49.9 Å². The van der Waals surface area contributed by atoms with Crippen LogP contribution >= 0.6 is 0 Å². The van der Waals surface area contributed by atoms with Crippen LogP contribution in [0.15, 0.2) is 60.7 Å². The Morgan fingerprint density at radius 2 is 1.97 bits per heavy atom. The Bertz CT molecular complexity index is 1340. The zero-order chi connectivity index (χ0) is 24.9. The topological polar surface area (TPSA) is 95.2 Å². The van der Waals surface area contributed by atoms with Gasteiger partial charge in [-0.2, -0.15) is 0 Å². The quantitative estimate of drug-likeness (QED) is 0.339. The second kappa shape index (κ2) is 10.7. The SMILES string of the molecule is CNC(=O)N1CCCC[C@@H]1CNc1nc(-c2ccccc2)nc2[nH]c(COc3cccc(C)c3)cc12. The van der Waals surface area contributed by atoms with Gasteiger partial charge in [-0.3, -0.25) is 0 Å². The van der Waals surface area contributed by atoms with Crippen LogP contribution in [-0.2, 0) is 6.61 Å². The fourth-order valence-electron chi connectivity index (χ4n) is 4.70. The number of urea groups is 1. The molecule has 4 aromatic rings. The number of piperidine rings is 1. The van der Waals surface area contributed by atoms with Gasteiger partial charge in [0, 0.05) is 25.7 Å². The molecular weight excluding hydrogens is 452 g/mol. The number of aromatic amines is 1. The normalized spacial score (nSPS) is 15.6. The molecule has 0 radical (unpaired) electrons. The Morgan fingerprint density at radius 3 is 2.78 bits per heavy atom. The van der Waals surface area contributed by atoms with Crippen LogP contribution in [0.25, 0.3) is 22.4 Å². The number of carbonyl (C=O) groups excluding carboxylic acids is 1. The number of hydrogen-bond acceptors (Lipinski definition) is 5. The highest BCUT2D eigenvalue weighted by molar-refractivity contribution is 5.89. The Labute approximate surface area is 211 Å². The molecule has 3 heterocycles. The zero-order valence-electron chi connectivity index (χ0n) is 20.8. The Hall–Kier alpha value is -4.07. The van der Waals surface area contributed by atoms with Gasteiger partial charge in [-0.25, -0.2) is 14.8 Å². The van der Waals surface area contributed by atoms with E-state index in [2.05, 4.69) is 15.6 Å². The van der Waals surface area contributed by atoms with E-state index >= 15 is 0 Å². The largest absolute Gasteiger partial charge is 0.487 e. The average molecular weight is 485 g/mol. The van der Waals surface area contributed by atoms with E-state index in [4.69, 9.17) is 14.7 Å². The van der Waals surface area contributed by atoms with Crippen LogP contribution in [0.3, 0.4) is 0 Å². The maximum Gasteiger partial charge on any atom is 0.317 e. The van der Waals surface area contributed by atoms with E-state index in [1.165, 1.54) is 0 Å². The fraction of sp³-hybridized carbons (Fsp3) is 0.321. The van der Waals surface area contributed by atoms with Crippen LogP contribution in [-0.4, -0.2) is 52.1 Å². The first-order chi connectivity index (χ1) is 17.6. The molecule has 1 fully saturated rings. The number of hydrogen-bond donors (Lipinski definition) is 3. The highest BCUT2D eigenvalue weighted by Gasteiger charge is 2.26. The van der Waals surface area contributed by atoms with Gasteiger partial charge in [0.15, 0.2) is 5.82 Å². The summed E-state index contributed by atoms with van der Waals surface area (Å²) >= 11 is 0. The van der Waals surface area contributed by atoms with Crippen molar-refractivity contribution < 1.29 is 9.53 Å². The molecule has 0 aliphatic carbocycles. The summed E-state index contributed by atoms with van der Waals surface area (Å²) in [4.78, 5) is 27.4. The number of likely N-dealkylation sites (tertiary alicyclic amines) is 1. The molecule has 8 heteroatoms. The maximum absolute atomic E-state index is 12.4. The number of H-pyrrole nitrogens is 1. The van der Waals surface area contributed by atoms with Crippen LogP contribution in [0.1, 0.15) is 30.5 Å². The number of anilines is 1. The summed E-state index contributed by atoms with van der Waals surface area (Å²) in [5.41, 5.74) is 3.77. The molecule has 0 unspecified atom stereocenters. The summed E-state index contributed by atoms with van der Waals surface area (Å²) < 4.78 is 6.01. The summed E-state index contributed by atoms with van der Waals surface area (Å²) in [5.74, 6) is 2.22. The monoisotopic (exact) mass is 484 g/mol. The second-order valence-electron chi connectivity index (χ2n) is 9.20. The smallest absolute Gasteiger partial charge is 0.317 e. The van der Waals surface area contributed by atoms with E-state index < -0.39 is 0 Å². The zero-order valence-corrected chi connectivity index (χ0v) is 20.8. The van der Waals surface area contributed by atoms with E-state index in [-0.39, 0.29) is 12.1 Å². The van der Waals surface area contributed by atoms with Crippen molar-refractivity contribution in [3.8, 4) is 17.1 Å². The van der Waals surface area contributed by atoms with Crippen molar-refractivity contribution in [2.75, 3.05) is 25.5 Å². The Kier molecular flexibility index (Phi) is 7.02. The Morgan fingerprint density at radius 1 is 1.11 bits per heavy atom. The Balaban J connectivity index is 1.43. The molecule has 2 aromatic carbocycles. The molecular formula is C28H32N6O2. The lowest BCUT2D eigenvalue weighted by atomic mass is 10.0. The number of fused-ring (bicyclic) bond motifs is 1. The fourth-order valence-corrected chi connectivity index (χ4v) is 4.70. The first-order valence-electron chi connectivity index (χ1n) is 12.5. The number of nitrogens with one attached hydrogen (secondary N) is 3. The molecule has 1 saturated heterocycles. The average Bonchev–Trinajstić information content (AvgIpc) is 3.34. The van der Waals surface area contributed by atoms with Crippen LogP contribution in [0, 0.1) is 6.92 Å². The standard InChI is InChI=1S/C28H32N6O2/c1-19-9-8-13-23(15-19)36-18-21-16-24-26(30-17-22-12-6-7-14-34(22)28(35)29-2)32-25(33-27(24)31-21)20-10-4-3-5-11-20/h3-5,8-11,13,15-16,22H,6-7,12,14,17-18H2,1-2H3,(H,29,35)(H2,30,31,32,33)/t22-/m1/s1. The molecule has 3 N–H and O–H groups in total. The van der Waals surface area contributed by atoms with E-state index in [1.807, 2.05) is 72.5 Å². The number of ether oxygens (including phenoxy) is 1. The molecule has 5 rings (SSSR count). The molecule has 8 nitrogen and oxygen atoms in total.